The summed E-state index contributed by atoms with van der Waals surface area (Å²) in [6, 6.07) is 11.7. The molecule has 1 amide bonds. The van der Waals surface area contributed by atoms with Crippen LogP contribution in [0, 0.1) is 0 Å². The fraction of sp³-hybridized carbons (Fsp3) is 0.250. The zero-order valence-corrected chi connectivity index (χ0v) is 11.4. The van der Waals surface area contributed by atoms with Crippen LogP contribution < -0.4 is 11.1 Å². The predicted octanol–water partition coefficient (Wildman–Crippen LogP) is 1.95. The van der Waals surface area contributed by atoms with E-state index in [9.17, 15) is 4.79 Å². The fourth-order valence-corrected chi connectivity index (χ4v) is 2.84. The normalized spacial score (nSPS) is 15.7. The second-order valence-electron chi connectivity index (χ2n) is 5.57. The number of benzene rings is 1. The van der Waals surface area contributed by atoms with E-state index >= 15 is 0 Å². The number of amides is 1. The van der Waals surface area contributed by atoms with Gasteiger partial charge in [-0.1, -0.05) is 24.3 Å². The molecule has 1 aromatic heterocycles. The molecule has 0 fully saturated rings. The number of nitrogen functional groups attached to an aromatic ring is 1. The number of nitrogens with one attached hydrogen (secondary N) is 1. The Labute approximate surface area is 118 Å². The number of fused-ring (bicyclic) bond motifs is 1. The van der Waals surface area contributed by atoms with Gasteiger partial charge in [-0.15, -0.1) is 0 Å². The molecule has 102 valence electrons. The Morgan fingerprint density at radius 3 is 2.45 bits per heavy atom. The number of carbonyl (C=O) groups excluding carboxylic acids is 1. The third-order valence-corrected chi connectivity index (χ3v) is 3.78. The van der Waals surface area contributed by atoms with Crippen LogP contribution in [0.4, 0.5) is 5.82 Å². The van der Waals surface area contributed by atoms with Crippen molar-refractivity contribution in [3.05, 3.63) is 59.3 Å². The van der Waals surface area contributed by atoms with Crippen LogP contribution in [-0.4, -0.2) is 16.4 Å². The molecular weight excluding hydrogens is 250 g/mol. The van der Waals surface area contributed by atoms with Gasteiger partial charge in [0.25, 0.3) is 5.91 Å². The highest BCUT2D eigenvalue weighted by Crippen LogP contribution is 2.30. The van der Waals surface area contributed by atoms with E-state index in [1.165, 1.54) is 11.1 Å². The molecule has 0 spiro atoms. The number of nitrogens with zero attached hydrogens (tertiary/aromatic N) is 1. The van der Waals surface area contributed by atoms with Crippen molar-refractivity contribution in [1.82, 2.24) is 10.3 Å². The van der Waals surface area contributed by atoms with Crippen LogP contribution >= 0.6 is 0 Å². The molecule has 1 aromatic carbocycles. The number of carbonyl (C=O) groups is 1. The van der Waals surface area contributed by atoms with Gasteiger partial charge in [-0.25, -0.2) is 4.98 Å². The number of pyridine rings is 1. The summed E-state index contributed by atoms with van der Waals surface area (Å²) in [7, 11) is 0. The SMILES string of the molecule is CC1(NC(=O)c2cccnc2N)Cc2ccccc2C1. The first-order chi connectivity index (χ1) is 9.57. The molecule has 0 bridgehead atoms. The van der Waals surface area contributed by atoms with E-state index in [-0.39, 0.29) is 17.3 Å². The van der Waals surface area contributed by atoms with Gasteiger partial charge < -0.3 is 11.1 Å². The summed E-state index contributed by atoms with van der Waals surface area (Å²) in [6.07, 6.45) is 3.27. The van der Waals surface area contributed by atoms with Gasteiger partial charge in [0.1, 0.15) is 5.82 Å². The maximum Gasteiger partial charge on any atom is 0.255 e. The zero-order valence-electron chi connectivity index (χ0n) is 11.4. The standard InChI is InChI=1S/C16H17N3O/c1-16(9-11-5-2-3-6-12(11)10-16)19-15(20)13-7-4-8-18-14(13)17/h2-8H,9-10H2,1H3,(H2,17,18)(H,19,20). The molecule has 20 heavy (non-hydrogen) atoms. The molecule has 4 nitrogen and oxygen atoms in total. The van der Waals surface area contributed by atoms with Gasteiger partial charge in [0.05, 0.1) is 5.56 Å². The van der Waals surface area contributed by atoms with Crippen LogP contribution in [0.1, 0.15) is 28.4 Å². The molecule has 1 aliphatic rings. The average Bonchev–Trinajstić information content (AvgIpc) is 2.74. The monoisotopic (exact) mass is 267 g/mol. The Morgan fingerprint density at radius 2 is 1.85 bits per heavy atom. The van der Waals surface area contributed by atoms with Crippen molar-refractivity contribution in [3.8, 4) is 0 Å². The maximum atomic E-state index is 12.3. The third-order valence-electron chi connectivity index (χ3n) is 3.78. The topological polar surface area (TPSA) is 68.0 Å². The molecule has 0 radical (unpaired) electrons. The highest BCUT2D eigenvalue weighted by atomic mass is 16.1. The first kappa shape index (κ1) is 12.7. The molecule has 3 N–H and O–H groups in total. The lowest BCUT2D eigenvalue weighted by molar-refractivity contribution is 0.0910. The molecule has 0 saturated carbocycles. The van der Waals surface area contributed by atoms with Crippen molar-refractivity contribution in [1.29, 1.82) is 0 Å². The molecular formula is C16H17N3O. The van der Waals surface area contributed by atoms with Crippen molar-refractivity contribution >= 4 is 11.7 Å². The molecule has 2 aromatic rings. The molecule has 3 rings (SSSR count). The lowest BCUT2D eigenvalue weighted by Gasteiger charge is -2.25. The summed E-state index contributed by atoms with van der Waals surface area (Å²) in [6.45, 7) is 2.07. The van der Waals surface area contributed by atoms with E-state index in [4.69, 9.17) is 5.73 Å². The number of nitrogens with two attached hydrogens (primary N) is 1. The van der Waals surface area contributed by atoms with E-state index in [2.05, 4.69) is 29.4 Å². The molecule has 1 heterocycles. The molecule has 4 heteroatoms. The lowest BCUT2D eigenvalue weighted by Crippen LogP contribution is -2.46. The van der Waals surface area contributed by atoms with Gasteiger partial charge in [-0.05, 0) is 43.0 Å². The van der Waals surface area contributed by atoms with Gasteiger partial charge in [0.2, 0.25) is 0 Å². The Kier molecular flexibility index (Phi) is 2.93. The Bertz CT molecular complexity index is 641. The van der Waals surface area contributed by atoms with Crippen LogP contribution in [0.3, 0.4) is 0 Å². The number of hydrogen-bond donors (Lipinski definition) is 2. The van der Waals surface area contributed by atoms with Crippen LogP contribution in [0.5, 0.6) is 0 Å². The maximum absolute atomic E-state index is 12.3. The second kappa shape index (κ2) is 4.63. The number of rotatable bonds is 2. The van der Waals surface area contributed by atoms with Crippen molar-refractivity contribution in [2.75, 3.05) is 5.73 Å². The van der Waals surface area contributed by atoms with Crippen molar-refractivity contribution in [3.63, 3.8) is 0 Å². The Morgan fingerprint density at radius 1 is 1.20 bits per heavy atom. The number of anilines is 1. The van der Waals surface area contributed by atoms with E-state index in [0.29, 0.717) is 5.56 Å². The summed E-state index contributed by atoms with van der Waals surface area (Å²) in [4.78, 5) is 16.3. The van der Waals surface area contributed by atoms with Gasteiger partial charge in [0.15, 0.2) is 0 Å². The first-order valence-corrected chi connectivity index (χ1v) is 6.67. The minimum absolute atomic E-state index is 0.161. The summed E-state index contributed by atoms with van der Waals surface area (Å²) in [5.41, 5.74) is 8.53. The molecule has 0 atom stereocenters. The van der Waals surface area contributed by atoms with Crippen molar-refractivity contribution in [2.24, 2.45) is 0 Å². The quantitative estimate of drug-likeness (QED) is 0.874. The van der Waals surface area contributed by atoms with Crippen LogP contribution in [0.25, 0.3) is 0 Å². The Hall–Kier alpha value is -2.36. The fourth-order valence-electron chi connectivity index (χ4n) is 2.84. The molecule has 0 saturated heterocycles. The summed E-state index contributed by atoms with van der Waals surface area (Å²) in [5, 5.41) is 3.10. The van der Waals surface area contributed by atoms with Gasteiger partial charge >= 0.3 is 0 Å². The first-order valence-electron chi connectivity index (χ1n) is 6.67. The minimum atomic E-state index is -0.261. The average molecular weight is 267 g/mol. The smallest absolute Gasteiger partial charge is 0.255 e. The van der Waals surface area contributed by atoms with E-state index in [1.807, 2.05) is 12.1 Å². The number of aromatic nitrogens is 1. The third kappa shape index (κ3) is 2.25. The summed E-state index contributed by atoms with van der Waals surface area (Å²) >= 11 is 0. The van der Waals surface area contributed by atoms with Crippen molar-refractivity contribution < 1.29 is 4.79 Å². The van der Waals surface area contributed by atoms with E-state index < -0.39 is 0 Å². The zero-order chi connectivity index (χ0) is 14.2. The molecule has 1 aliphatic carbocycles. The van der Waals surface area contributed by atoms with Crippen LogP contribution in [0.15, 0.2) is 42.6 Å². The van der Waals surface area contributed by atoms with Crippen LogP contribution in [-0.2, 0) is 12.8 Å². The minimum Gasteiger partial charge on any atom is -0.383 e. The van der Waals surface area contributed by atoms with E-state index in [0.717, 1.165) is 12.8 Å². The van der Waals surface area contributed by atoms with E-state index in [1.54, 1.807) is 18.3 Å². The predicted molar refractivity (Wildman–Crippen MR) is 78.4 cm³/mol. The van der Waals surface area contributed by atoms with Gasteiger partial charge in [-0.3, -0.25) is 4.79 Å². The van der Waals surface area contributed by atoms with Crippen LogP contribution in [0.2, 0.25) is 0 Å². The molecule has 0 unspecified atom stereocenters. The van der Waals surface area contributed by atoms with Gasteiger partial charge in [0, 0.05) is 11.7 Å². The largest absolute Gasteiger partial charge is 0.383 e. The lowest BCUT2D eigenvalue weighted by atomic mass is 9.98. The second-order valence-corrected chi connectivity index (χ2v) is 5.57. The summed E-state index contributed by atoms with van der Waals surface area (Å²) in [5.74, 6) is 0.106. The summed E-state index contributed by atoms with van der Waals surface area (Å²) < 4.78 is 0. The van der Waals surface area contributed by atoms with Gasteiger partial charge in [-0.2, -0.15) is 0 Å². The molecule has 0 aliphatic heterocycles. The highest BCUT2D eigenvalue weighted by molar-refractivity contribution is 5.98. The highest BCUT2D eigenvalue weighted by Gasteiger charge is 2.34. The van der Waals surface area contributed by atoms with Crippen molar-refractivity contribution in [2.45, 2.75) is 25.3 Å². The Balaban J connectivity index is 1.80. The number of hydrogen-bond acceptors (Lipinski definition) is 3.